The van der Waals surface area contributed by atoms with E-state index < -0.39 is 15.9 Å². The predicted octanol–water partition coefficient (Wildman–Crippen LogP) is 1.93. The number of benzene rings is 1. The fourth-order valence-corrected chi connectivity index (χ4v) is 4.06. The minimum atomic E-state index is -3.89. The van der Waals surface area contributed by atoms with Gasteiger partial charge in [0.1, 0.15) is 5.75 Å². The summed E-state index contributed by atoms with van der Waals surface area (Å²) >= 11 is 0. The van der Waals surface area contributed by atoms with Gasteiger partial charge in [0.25, 0.3) is 10.0 Å². The van der Waals surface area contributed by atoms with Crippen molar-refractivity contribution in [3.63, 3.8) is 0 Å². The molecule has 0 aromatic heterocycles. The first kappa shape index (κ1) is 17.7. The molecule has 0 aliphatic carbocycles. The molecule has 1 aromatic rings. The summed E-state index contributed by atoms with van der Waals surface area (Å²) in [6.07, 6.45) is 1.95. The van der Waals surface area contributed by atoms with Crippen LogP contribution in [0.5, 0.6) is 5.75 Å². The third-order valence-electron chi connectivity index (χ3n) is 4.25. The number of hydrogen-bond acceptors (Lipinski definition) is 5. The molecule has 1 atom stereocenters. The van der Waals surface area contributed by atoms with Crippen LogP contribution >= 0.6 is 0 Å². The second kappa shape index (κ2) is 7.31. The summed E-state index contributed by atoms with van der Waals surface area (Å²) in [5, 5.41) is 0. The smallest absolute Gasteiger partial charge is 0.264 e. The summed E-state index contributed by atoms with van der Waals surface area (Å²) in [6.45, 7) is 4.60. The maximum absolute atomic E-state index is 12.5. The summed E-state index contributed by atoms with van der Waals surface area (Å²) < 4.78 is 37.8. The van der Waals surface area contributed by atoms with E-state index in [1.165, 1.54) is 13.2 Å². The van der Waals surface area contributed by atoms with Gasteiger partial charge in [-0.15, -0.1) is 0 Å². The number of amides is 1. The van der Waals surface area contributed by atoms with Crippen LogP contribution < -0.4 is 9.46 Å². The highest BCUT2D eigenvalue weighted by atomic mass is 32.2. The summed E-state index contributed by atoms with van der Waals surface area (Å²) in [5.74, 6) is -0.163. The van der Waals surface area contributed by atoms with E-state index in [4.69, 9.17) is 9.47 Å². The number of hydrogen-bond donors (Lipinski definition) is 1. The van der Waals surface area contributed by atoms with Crippen molar-refractivity contribution in [2.75, 3.05) is 20.3 Å². The average molecular weight is 341 g/mol. The molecule has 1 N–H and O–H groups in total. The minimum absolute atomic E-state index is 0.106. The third-order valence-corrected chi connectivity index (χ3v) is 5.75. The van der Waals surface area contributed by atoms with Crippen molar-refractivity contribution in [1.82, 2.24) is 4.72 Å². The Morgan fingerprint density at radius 2 is 1.96 bits per heavy atom. The van der Waals surface area contributed by atoms with Crippen LogP contribution in [0.25, 0.3) is 0 Å². The van der Waals surface area contributed by atoms with Gasteiger partial charge in [-0.2, -0.15) is 0 Å². The maximum atomic E-state index is 12.5. The second-order valence-electron chi connectivity index (χ2n) is 5.73. The van der Waals surface area contributed by atoms with Gasteiger partial charge in [0.15, 0.2) is 0 Å². The molecular formula is C16H23NO5S. The molecule has 1 aliphatic heterocycles. The van der Waals surface area contributed by atoms with Crippen molar-refractivity contribution in [1.29, 1.82) is 0 Å². The molecule has 0 saturated carbocycles. The molecule has 1 amide bonds. The van der Waals surface area contributed by atoms with E-state index in [1.807, 2.05) is 0 Å². The van der Waals surface area contributed by atoms with Crippen LogP contribution in [0.3, 0.4) is 0 Å². The Hall–Kier alpha value is -1.60. The summed E-state index contributed by atoms with van der Waals surface area (Å²) in [6, 6.07) is 3.06. The van der Waals surface area contributed by atoms with E-state index in [-0.39, 0.29) is 10.8 Å². The number of nitrogens with one attached hydrogen (secondary N) is 1. The van der Waals surface area contributed by atoms with Gasteiger partial charge in [-0.3, -0.25) is 4.79 Å². The van der Waals surface area contributed by atoms with E-state index >= 15 is 0 Å². The SMILES string of the molecule is COc1ccc(S(=O)(=O)NC(=O)C2CCCOCC2)c(C)c1C. The molecular weight excluding hydrogens is 318 g/mol. The molecule has 1 saturated heterocycles. The van der Waals surface area contributed by atoms with Crippen LogP contribution in [0.4, 0.5) is 0 Å². The number of ether oxygens (including phenoxy) is 2. The van der Waals surface area contributed by atoms with Crippen molar-refractivity contribution >= 4 is 15.9 Å². The monoisotopic (exact) mass is 341 g/mol. The first-order valence-electron chi connectivity index (χ1n) is 7.65. The van der Waals surface area contributed by atoms with Gasteiger partial charge < -0.3 is 9.47 Å². The Balaban J connectivity index is 2.21. The number of carbonyl (C=O) groups is 1. The highest BCUT2D eigenvalue weighted by molar-refractivity contribution is 7.90. The summed E-state index contributed by atoms with van der Waals surface area (Å²) in [7, 11) is -2.36. The lowest BCUT2D eigenvalue weighted by molar-refractivity contribution is -0.123. The van der Waals surface area contributed by atoms with Crippen LogP contribution in [0, 0.1) is 19.8 Å². The van der Waals surface area contributed by atoms with Crippen LogP contribution in [-0.2, 0) is 19.6 Å². The van der Waals surface area contributed by atoms with Gasteiger partial charge in [-0.1, -0.05) is 0 Å². The molecule has 0 bridgehead atoms. The molecule has 0 radical (unpaired) electrons. The van der Waals surface area contributed by atoms with Crippen LogP contribution in [-0.4, -0.2) is 34.6 Å². The molecule has 128 valence electrons. The lowest BCUT2D eigenvalue weighted by Crippen LogP contribution is -2.36. The molecule has 7 heteroatoms. The van der Waals surface area contributed by atoms with Crippen LogP contribution in [0.2, 0.25) is 0 Å². The standard InChI is InChI=1S/C16H23NO5S/c1-11-12(2)15(7-6-14(11)21-3)23(19,20)17-16(18)13-5-4-9-22-10-8-13/h6-7,13H,4-5,8-10H2,1-3H3,(H,17,18). The molecule has 1 unspecified atom stereocenters. The predicted molar refractivity (Wildman–Crippen MR) is 86.0 cm³/mol. The number of rotatable bonds is 4. The van der Waals surface area contributed by atoms with Gasteiger partial charge in [0, 0.05) is 19.1 Å². The number of methoxy groups -OCH3 is 1. The first-order chi connectivity index (χ1) is 10.9. The molecule has 6 nitrogen and oxygen atoms in total. The Labute approximate surface area is 137 Å². The lowest BCUT2D eigenvalue weighted by atomic mass is 10.0. The Morgan fingerprint density at radius 3 is 2.65 bits per heavy atom. The quantitative estimate of drug-likeness (QED) is 0.905. The van der Waals surface area contributed by atoms with Crippen molar-refractivity contribution in [3.05, 3.63) is 23.3 Å². The molecule has 23 heavy (non-hydrogen) atoms. The molecule has 1 aliphatic rings. The van der Waals surface area contributed by atoms with E-state index in [1.54, 1.807) is 19.9 Å². The fraction of sp³-hybridized carbons (Fsp3) is 0.562. The minimum Gasteiger partial charge on any atom is -0.496 e. The van der Waals surface area contributed by atoms with Gasteiger partial charge >= 0.3 is 0 Å². The van der Waals surface area contributed by atoms with Crippen molar-refractivity contribution in [2.24, 2.45) is 5.92 Å². The molecule has 1 aromatic carbocycles. The number of sulfonamides is 1. The van der Waals surface area contributed by atoms with Crippen molar-refractivity contribution < 1.29 is 22.7 Å². The molecule has 1 fully saturated rings. The van der Waals surface area contributed by atoms with Gasteiger partial charge in [-0.25, -0.2) is 13.1 Å². The fourth-order valence-electron chi connectivity index (χ4n) is 2.72. The zero-order valence-corrected chi connectivity index (χ0v) is 14.5. The Kier molecular flexibility index (Phi) is 5.64. The lowest BCUT2D eigenvalue weighted by Gasteiger charge is -2.16. The van der Waals surface area contributed by atoms with Gasteiger partial charge in [-0.05, 0) is 56.4 Å². The van der Waals surface area contributed by atoms with E-state index in [0.29, 0.717) is 37.4 Å². The second-order valence-corrected chi connectivity index (χ2v) is 7.38. The molecule has 2 rings (SSSR count). The van der Waals surface area contributed by atoms with Crippen molar-refractivity contribution in [2.45, 2.75) is 38.0 Å². The van der Waals surface area contributed by atoms with E-state index in [2.05, 4.69) is 4.72 Å². The van der Waals surface area contributed by atoms with Gasteiger partial charge in [0.2, 0.25) is 5.91 Å². The summed E-state index contributed by atoms with van der Waals surface area (Å²) in [5.41, 5.74) is 1.32. The Bertz CT molecular complexity index is 676. The zero-order valence-electron chi connectivity index (χ0n) is 13.7. The summed E-state index contributed by atoms with van der Waals surface area (Å²) in [4.78, 5) is 12.4. The van der Waals surface area contributed by atoms with Crippen LogP contribution in [0.15, 0.2) is 17.0 Å². The van der Waals surface area contributed by atoms with E-state index in [0.717, 1.165) is 12.0 Å². The molecule has 0 spiro atoms. The number of carbonyl (C=O) groups excluding carboxylic acids is 1. The Morgan fingerprint density at radius 1 is 1.22 bits per heavy atom. The van der Waals surface area contributed by atoms with Crippen LogP contribution in [0.1, 0.15) is 30.4 Å². The molecule has 1 heterocycles. The first-order valence-corrected chi connectivity index (χ1v) is 9.13. The highest BCUT2D eigenvalue weighted by Gasteiger charge is 2.27. The highest BCUT2D eigenvalue weighted by Crippen LogP contribution is 2.27. The normalized spacial score (nSPS) is 19.0. The van der Waals surface area contributed by atoms with Crippen molar-refractivity contribution in [3.8, 4) is 5.75 Å². The topological polar surface area (TPSA) is 81.7 Å². The maximum Gasteiger partial charge on any atom is 0.264 e. The van der Waals surface area contributed by atoms with E-state index in [9.17, 15) is 13.2 Å². The average Bonchev–Trinajstić information content (AvgIpc) is 2.78. The van der Waals surface area contributed by atoms with Gasteiger partial charge in [0.05, 0.1) is 12.0 Å². The third kappa shape index (κ3) is 4.03. The largest absolute Gasteiger partial charge is 0.496 e. The zero-order chi connectivity index (χ0) is 17.0.